The molecule has 1 aliphatic rings. The average molecular weight is 409 g/mol. The van der Waals surface area contributed by atoms with Crippen molar-refractivity contribution in [3.05, 3.63) is 65.5 Å². The predicted molar refractivity (Wildman–Crippen MR) is 103 cm³/mol. The van der Waals surface area contributed by atoms with E-state index in [9.17, 15) is 22.4 Å². The van der Waals surface area contributed by atoms with Gasteiger partial charge >= 0.3 is 12.2 Å². The van der Waals surface area contributed by atoms with Crippen molar-refractivity contribution < 1.29 is 22.4 Å². The molecule has 1 fully saturated rings. The van der Waals surface area contributed by atoms with E-state index >= 15 is 0 Å². The van der Waals surface area contributed by atoms with Crippen molar-refractivity contribution in [1.82, 2.24) is 10.2 Å². The number of carbonyl (C=O) groups excluding carboxylic acids is 1. The normalized spacial score (nSPS) is 15.9. The van der Waals surface area contributed by atoms with E-state index in [-0.39, 0.29) is 17.4 Å². The molecule has 0 bridgehead atoms. The highest BCUT2D eigenvalue weighted by molar-refractivity contribution is 5.89. The summed E-state index contributed by atoms with van der Waals surface area (Å²) in [6.45, 7) is 2.60. The van der Waals surface area contributed by atoms with E-state index in [1.807, 2.05) is 6.07 Å². The van der Waals surface area contributed by atoms with E-state index in [1.54, 1.807) is 12.1 Å². The van der Waals surface area contributed by atoms with Gasteiger partial charge in [0.15, 0.2) is 0 Å². The molecule has 0 radical (unpaired) electrons. The second kappa shape index (κ2) is 9.26. The molecule has 0 aromatic heterocycles. The Balaban J connectivity index is 1.41. The minimum Gasteiger partial charge on any atom is -0.338 e. The van der Waals surface area contributed by atoms with Crippen LogP contribution in [0.25, 0.3) is 0 Å². The number of nitrogens with one attached hydrogen (secondary N) is 2. The van der Waals surface area contributed by atoms with Crippen molar-refractivity contribution in [2.45, 2.75) is 25.6 Å². The summed E-state index contributed by atoms with van der Waals surface area (Å²) in [5.41, 5.74) is -0.0425. The monoisotopic (exact) mass is 409 g/mol. The first-order valence-corrected chi connectivity index (χ1v) is 9.49. The molecule has 1 aliphatic heterocycles. The first-order valence-electron chi connectivity index (χ1n) is 9.49. The van der Waals surface area contributed by atoms with Gasteiger partial charge in [-0.05, 0) is 56.1 Å². The third kappa shape index (κ3) is 6.19. The Morgan fingerprint density at radius 1 is 1.07 bits per heavy atom. The summed E-state index contributed by atoms with van der Waals surface area (Å²) in [5, 5.41) is 5.16. The summed E-state index contributed by atoms with van der Waals surface area (Å²) in [6, 6.07) is 10.7. The molecule has 0 saturated carbocycles. The van der Waals surface area contributed by atoms with Crippen LogP contribution in [0.1, 0.15) is 24.0 Å². The number of alkyl halides is 3. The second-order valence-corrected chi connectivity index (χ2v) is 7.22. The van der Waals surface area contributed by atoms with E-state index < -0.39 is 17.8 Å². The molecule has 2 amide bonds. The molecule has 156 valence electrons. The average Bonchev–Trinajstić information content (AvgIpc) is 2.69. The molecule has 0 unspecified atom stereocenters. The molecule has 0 aliphatic carbocycles. The Bertz CT molecular complexity index is 833. The van der Waals surface area contributed by atoms with Crippen LogP contribution in [0, 0.1) is 11.7 Å². The molecule has 1 heterocycles. The van der Waals surface area contributed by atoms with Crippen molar-refractivity contribution in [2.75, 3.05) is 25.0 Å². The zero-order valence-corrected chi connectivity index (χ0v) is 15.8. The molecule has 2 N–H and O–H groups in total. The summed E-state index contributed by atoms with van der Waals surface area (Å²) >= 11 is 0. The number of likely N-dealkylation sites (tertiary alicyclic amines) is 1. The number of anilines is 1. The smallest absolute Gasteiger partial charge is 0.338 e. The third-order valence-corrected chi connectivity index (χ3v) is 5.06. The fourth-order valence-corrected chi connectivity index (χ4v) is 3.40. The standard InChI is InChI=1S/C21H23F4N3O/c22-19-7-2-1-4-16(19)14-28-10-8-15(9-11-28)13-26-20(29)27-18-6-3-5-17(12-18)21(23,24)25/h1-7,12,15H,8-11,13-14H2,(H2,26,27,29). The van der Waals surface area contributed by atoms with Crippen LogP contribution in [0.15, 0.2) is 48.5 Å². The zero-order valence-electron chi connectivity index (χ0n) is 15.8. The van der Waals surface area contributed by atoms with Gasteiger partial charge in [-0.25, -0.2) is 9.18 Å². The summed E-state index contributed by atoms with van der Waals surface area (Å²) in [7, 11) is 0. The lowest BCUT2D eigenvalue weighted by Gasteiger charge is -2.32. The topological polar surface area (TPSA) is 44.4 Å². The van der Waals surface area contributed by atoms with Crippen molar-refractivity contribution in [1.29, 1.82) is 0 Å². The maximum absolute atomic E-state index is 13.8. The zero-order chi connectivity index (χ0) is 20.9. The van der Waals surface area contributed by atoms with Crippen molar-refractivity contribution in [3.63, 3.8) is 0 Å². The van der Waals surface area contributed by atoms with Crippen LogP contribution in [0.2, 0.25) is 0 Å². The van der Waals surface area contributed by atoms with E-state index in [0.717, 1.165) is 38.1 Å². The van der Waals surface area contributed by atoms with Crippen LogP contribution in [0.3, 0.4) is 0 Å². The number of halogens is 4. The molecule has 2 aromatic carbocycles. The largest absolute Gasteiger partial charge is 0.416 e. The van der Waals surface area contributed by atoms with Crippen LogP contribution in [-0.2, 0) is 12.7 Å². The number of hydrogen-bond donors (Lipinski definition) is 2. The van der Waals surface area contributed by atoms with E-state index in [4.69, 9.17) is 0 Å². The fourth-order valence-electron chi connectivity index (χ4n) is 3.40. The van der Waals surface area contributed by atoms with Gasteiger partial charge in [0.05, 0.1) is 5.56 Å². The van der Waals surface area contributed by atoms with Gasteiger partial charge in [-0.3, -0.25) is 4.90 Å². The van der Waals surface area contributed by atoms with Gasteiger partial charge in [-0.15, -0.1) is 0 Å². The molecule has 4 nitrogen and oxygen atoms in total. The van der Waals surface area contributed by atoms with E-state index in [1.165, 1.54) is 18.2 Å². The van der Waals surface area contributed by atoms with Gasteiger partial charge in [0.25, 0.3) is 0 Å². The molecule has 3 rings (SSSR count). The summed E-state index contributed by atoms with van der Waals surface area (Å²) in [4.78, 5) is 14.2. The molecular formula is C21H23F4N3O. The molecule has 0 spiro atoms. The quantitative estimate of drug-likeness (QED) is 0.692. The van der Waals surface area contributed by atoms with Gasteiger partial charge in [0.2, 0.25) is 0 Å². The third-order valence-electron chi connectivity index (χ3n) is 5.06. The predicted octanol–water partition coefficient (Wildman–Crippen LogP) is 4.88. The maximum atomic E-state index is 13.8. The van der Waals surface area contributed by atoms with Crippen LogP contribution in [0.4, 0.5) is 28.0 Å². The molecule has 1 saturated heterocycles. The lowest BCUT2D eigenvalue weighted by atomic mass is 9.96. The lowest BCUT2D eigenvalue weighted by Crippen LogP contribution is -2.39. The Morgan fingerprint density at radius 3 is 2.48 bits per heavy atom. The molecule has 29 heavy (non-hydrogen) atoms. The van der Waals surface area contributed by atoms with Crippen molar-refractivity contribution >= 4 is 11.7 Å². The van der Waals surface area contributed by atoms with Crippen LogP contribution < -0.4 is 10.6 Å². The SMILES string of the molecule is O=C(NCC1CCN(Cc2ccccc2F)CC1)Nc1cccc(C(F)(F)F)c1. The van der Waals surface area contributed by atoms with Gasteiger partial charge in [-0.2, -0.15) is 13.2 Å². The number of nitrogens with zero attached hydrogens (tertiary/aromatic N) is 1. The Hall–Kier alpha value is -2.61. The number of carbonyl (C=O) groups is 1. The second-order valence-electron chi connectivity index (χ2n) is 7.22. The highest BCUT2D eigenvalue weighted by atomic mass is 19.4. The Morgan fingerprint density at radius 2 is 1.79 bits per heavy atom. The van der Waals surface area contributed by atoms with Gasteiger partial charge in [0.1, 0.15) is 5.82 Å². The molecule has 2 aromatic rings. The van der Waals surface area contributed by atoms with Crippen LogP contribution >= 0.6 is 0 Å². The maximum Gasteiger partial charge on any atom is 0.416 e. The van der Waals surface area contributed by atoms with E-state index in [2.05, 4.69) is 15.5 Å². The van der Waals surface area contributed by atoms with Crippen LogP contribution in [-0.4, -0.2) is 30.6 Å². The molecule has 8 heteroatoms. The highest BCUT2D eigenvalue weighted by Crippen LogP contribution is 2.30. The molecular weight excluding hydrogens is 386 g/mol. The molecule has 0 atom stereocenters. The summed E-state index contributed by atoms with van der Waals surface area (Å²) in [6.07, 6.45) is -2.73. The highest BCUT2D eigenvalue weighted by Gasteiger charge is 2.30. The minimum absolute atomic E-state index is 0.0945. The van der Waals surface area contributed by atoms with Gasteiger partial charge < -0.3 is 10.6 Å². The summed E-state index contributed by atoms with van der Waals surface area (Å²) < 4.78 is 52.0. The summed E-state index contributed by atoms with van der Waals surface area (Å²) in [5.74, 6) is 0.0710. The first kappa shape index (κ1) is 21.1. The first-order chi connectivity index (χ1) is 13.8. The lowest BCUT2D eigenvalue weighted by molar-refractivity contribution is -0.137. The van der Waals surface area contributed by atoms with Gasteiger partial charge in [-0.1, -0.05) is 24.3 Å². The van der Waals surface area contributed by atoms with Crippen LogP contribution in [0.5, 0.6) is 0 Å². The van der Waals surface area contributed by atoms with Crippen molar-refractivity contribution in [3.8, 4) is 0 Å². The Labute approximate surface area is 166 Å². The number of amides is 2. The van der Waals surface area contributed by atoms with Crippen molar-refractivity contribution in [2.24, 2.45) is 5.92 Å². The van der Waals surface area contributed by atoms with E-state index in [0.29, 0.717) is 18.7 Å². The Kier molecular flexibility index (Phi) is 6.74. The number of piperidine rings is 1. The number of benzene rings is 2. The number of urea groups is 1. The number of hydrogen-bond acceptors (Lipinski definition) is 2. The number of rotatable bonds is 5. The fraction of sp³-hybridized carbons (Fsp3) is 0.381. The minimum atomic E-state index is -4.45. The van der Waals surface area contributed by atoms with Gasteiger partial charge in [0, 0.05) is 24.3 Å².